The van der Waals surface area contributed by atoms with Crippen LogP contribution in [0, 0.1) is 0 Å². The van der Waals surface area contributed by atoms with Gasteiger partial charge >= 0.3 is 5.97 Å². The summed E-state index contributed by atoms with van der Waals surface area (Å²) in [6.07, 6.45) is 1.88. The molecule has 0 saturated carbocycles. The minimum absolute atomic E-state index is 0.144. The number of aromatic nitrogens is 1. The molecule has 90 valence electrons. The summed E-state index contributed by atoms with van der Waals surface area (Å²) in [5.41, 5.74) is 2.74. The molecule has 5 heteroatoms. The number of aryl methyl sites for hydroxylation is 1. The number of ether oxygens (including phenoxy) is 1. The van der Waals surface area contributed by atoms with Crippen molar-refractivity contribution in [3.63, 3.8) is 0 Å². The van der Waals surface area contributed by atoms with Gasteiger partial charge in [0.05, 0.1) is 24.2 Å². The smallest absolute Gasteiger partial charge is 0.306 e. The molecule has 0 bridgehead atoms. The molecule has 2 aromatic heterocycles. The predicted octanol–water partition coefficient (Wildman–Crippen LogP) is 2.92. The fourth-order valence-electron chi connectivity index (χ4n) is 1.38. The van der Waals surface area contributed by atoms with Crippen LogP contribution in [0.5, 0.6) is 0 Å². The van der Waals surface area contributed by atoms with Gasteiger partial charge < -0.3 is 4.74 Å². The van der Waals surface area contributed by atoms with Gasteiger partial charge in [-0.05, 0) is 11.4 Å². The second-order valence-electron chi connectivity index (χ2n) is 3.53. The number of hydrogen-bond donors (Lipinski definition) is 0. The Kier molecular flexibility index (Phi) is 4.70. The van der Waals surface area contributed by atoms with Crippen molar-refractivity contribution in [2.24, 2.45) is 0 Å². The lowest BCUT2D eigenvalue weighted by molar-refractivity contribution is -0.143. The number of carbonyl (C=O) groups excluding carboxylic acids is 1. The third kappa shape index (κ3) is 4.28. The van der Waals surface area contributed by atoms with Crippen molar-refractivity contribution in [3.8, 4) is 0 Å². The summed E-state index contributed by atoms with van der Waals surface area (Å²) in [7, 11) is 0. The van der Waals surface area contributed by atoms with Crippen LogP contribution in [-0.2, 0) is 22.4 Å². The van der Waals surface area contributed by atoms with Gasteiger partial charge in [0.1, 0.15) is 0 Å². The Hall–Kier alpha value is -1.20. The Morgan fingerprint density at radius 2 is 2.35 bits per heavy atom. The van der Waals surface area contributed by atoms with Gasteiger partial charge in [0.2, 0.25) is 0 Å². The van der Waals surface area contributed by atoms with Gasteiger partial charge in [0.15, 0.2) is 0 Å². The molecule has 17 heavy (non-hydrogen) atoms. The largest absolute Gasteiger partial charge is 0.465 e. The lowest BCUT2D eigenvalue weighted by atomic mass is 10.2. The molecule has 0 aromatic carbocycles. The Morgan fingerprint density at radius 3 is 3.06 bits per heavy atom. The highest BCUT2D eigenvalue weighted by Gasteiger charge is 2.05. The van der Waals surface area contributed by atoms with E-state index in [1.807, 2.05) is 22.9 Å². The SMILES string of the molecule is O=C(CCc1cscn1)OCCc1cccs1. The molecule has 0 aliphatic carbocycles. The molecule has 0 atom stereocenters. The van der Waals surface area contributed by atoms with Crippen molar-refractivity contribution >= 4 is 28.6 Å². The van der Waals surface area contributed by atoms with Crippen LogP contribution in [0.1, 0.15) is 17.0 Å². The van der Waals surface area contributed by atoms with E-state index in [0.717, 1.165) is 12.1 Å². The highest BCUT2D eigenvalue weighted by Crippen LogP contribution is 2.09. The van der Waals surface area contributed by atoms with Crippen molar-refractivity contribution in [2.75, 3.05) is 6.61 Å². The molecule has 0 unspecified atom stereocenters. The van der Waals surface area contributed by atoms with E-state index in [0.29, 0.717) is 19.4 Å². The van der Waals surface area contributed by atoms with E-state index in [9.17, 15) is 4.79 Å². The Balaban J connectivity index is 1.61. The summed E-state index contributed by atoms with van der Waals surface area (Å²) >= 11 is 3.23. The monoisotopic (exact) mass is 267 g/mol. The zero-order chi connectivity index (χ0) is 11.9. The van der Waals surface area contributed by atoms with Gasteiger partial charge in [-0.1, -0.05) is 6.07 Å². The second kappa shape index (κ2) is 6.51. The van der Waals surface area contributed by atoms with E-state index in [4.69, 9.17) is 4.74 Å². The molecule has 0 radical (unpaired) electrons. The highest BCUT2D eigenvalue weighted by atomic mass is 32.1. The first-order valence-electron chi connectivity index (χ1n) is 5.39. The minimum Gasteiger partial charge on any atom is -0.465 e. The zero-order valence-corrected chi connectivity index (χ0v) is 10.9. The van der Waals surface area contributed by atoms with Crippen LogP contribution >= 0.6 is 22.7 Å². The molecule has 0 aliphatic heterocycles. The molecule has 0 fully saturated rings. The maximum Gasteiger partial charge on any atom is 0.306 e. The summed E-state index contributed by atoms with van der Waals surface area (Å²) in [5.74, 6) is -0.144. The van der Waals surface area contributed by atoms with Crippen molar-refractivity contribution in [1.82, 2.24) is 4.98 Å². The maximum atomic E-state index is 11.4. The first kappa shape index (κ1) is 12.3. The fourth-order valence-corrected chi connectivity index (χ4v) is 2.67. The Labute approximate surface area is 108 Å². The van der Waals surface area contributed by atoms with Crippen LogP contribution in [0.4, 0.5) is 0 Å². The summed E-state index contributed by atoms with van der Waals surface area (Å²) in [6, 6.07) is 4.05. The van der Waals surface area contributed by atoms with Crippen LogP contribution in [0.2, 0.25) is 0 Å². The van der Waals surface area contributed by atoms with E-state index in [1.54, 1.807) is 28.2 Å². The molecule has 0 amide bonds. The Morgan fingerprint density at radius 1 is 1.41 bits per heavy atom. The van der Waals surface area contributed by atoms with Crippen molar-refractivity contribution in [1.29, 1.82) is 0 Å². The maximum absolute atomic E-state index is 11.4. The first-order chi connectivity index (χ1) is 8.34. The fraction of sp³-hybridized carbons (Fsp3) is 0.333. The molecule has 0 spiro atoms. The third-order valence-corrected chi connectivity index (χ3v) is 3.83. The van der Waals surface area contributed by atoms with Crippen molar-refractivity contribution in [2.45, 2.75) is 19.3 Å². The molecule has 0 N–H and O–H groups in total. The lowest BCUT2D eigenvalue weighted by Gasteiger charge is -2.02. The van der Waals surface area contributed by atoms with Gasteiger partial charge in [-0.3, -0.25) is 4.79 Å². The normalized spacial score (nSPS) is 10.4. The van der Waals surface area contributed by atoms with E-state index in [1.165, 1.54) is 4.88 Å². The molecule has 0 aliphatic rings. The van der Waals surface area contributed by atoms with Gasteiger partial charge in [-0.2, -0.15) is 0 Å². The van der Waals surface area contributed by atoms with Gasteiger partial charge in [0.25, 0.3) is 0 Å². The number of thiazole rings is 1. The first-order valence-corrected chi connectivity index (χ1v) is 7.22. The number of esters is 1. The summed E-state index contributed by atoms with van der Waals surface area (Å²) in [5, 5.41) is 3.98. The van der Waals surface area contributed by atoms with Crippen LogP contribution in [-0.4, -0.2) is 17.6 Å². The van der Waals surface area contributed by atoms with Gasteiger partial charge in [0, 0.05) is 23.1 Å². The van der Waals surface area contributed by atoms with E-state index < -0.39 is 0 Å². The number of hydrogen-bond acceptors (Lipinski definition) is 5. The van der Waals surface area contributed by atoms with Gasteiger partial charge in [-0.15, -0.1) is 22.7 Å². The number of rotatable bonds is 6. The molecule has 0 saturated heterocycles. The average molecular weight is 267 g/mol. The summed E-state index contributed by atoms with van der Waals surface area (Å²) < 4.78 is 5.16. The van der Waals surface area contributed by atoms with Crippen LogP contribution in [0.15, 0.2) is 28.4 Å². The third-order valence-electron chi connectivity index (χ3n) is 2.26. The van der Waals surface area contributed by atoms with E-state index >= 15 is 0 Å². The van der Waals surface area contributed by atoms with Crippen LogP contribution in [0.25, 0.3) is 0 Å². The zero-order valence-electron chi connectivity index (χ0n) is 9.30. The molecular formula is C12H13NO2S2. The van der Waals surface area contributed by atoms with Crippen molar-refractivity contribution in [3.05, 3.63) is 39.0 Å². The van der Waals surface area contributed by atoms with Gasteiger partial charge in [-0.25, -0.2) is 4.98 Å². The molecule has 2 rings (SSSR count). The number of nitrogens with zero attached hydrogens (tertiary/aromatic N) is 1. The van der Waals surface area contributed by atoms with Crippen molar-refractivity contribution < 1.29 is 9.53 Å². The predicted molar refractivity (Wildman–Crippen MR) is 69.4 cm³/mol. The standard InChI is InChI=1S/C12H13NO2S2/c14-12(4-3-10-8-16-9-13-10)15-6-5-11-2-1-7-17-11/h1-2,7-9H,3-6H2. The topological polar surface area (TPSA) is 39.2 Å². The van der Waals surface area contributed by atoms with Crippen LogP contribution < -0.4 is 0 Å². The quantitative estimate of drug-likeness (QED) is 0.755. The average Bonchev–Trinajstić information content (AvgIpc) is 2.99. The Bertz CT molecular complexity index is 437. The lowest BCUT2D eigenvalue weighted by Crippen LogP contribution is -2.08. The second-order valence-corrected chi connectivity index (χ2v) is 5.28. The molecule has 2 heterocycles. The minimum atomic E-state index is -0.144. The van der Waals surface area contributed by atoms with E-state index in [-0.39, 0.29) is 5.97 Å². The van der Waals surface area contributed by atoms with Crippen LogP contribution in [0.3, 0.4) is 0 Å². The summed E-state index contributed by atoms with van der Waals surface area (Å²) in [4.78, 5) is 16.8. The summed E-state index contributed by atoms with van der Waals surface area (Å²) in [6.45, 7) is 0.469. The number of thiophene rings is 1. The number of carbonyl (C=O) groups is 1. The molecule has 3 nitrogen and oxygen atoms in total. The molecular weight excluding hydrogens is 254 g/mol. The molecule has 2 aromatic rings. The van der Waals surface area contributed by atoms with E-state index in [2.05, 4.69) is 4.98 Å². The highest BCUT2D eigenvalue weighted by molar-refractivity contribution is 7.09.